The van der Waals surface area contributed by atoms with Crippen LogP contribution in [0, 0.1) is 0 Å². The van der Waals surface area contributed by atoms with Crippen molar-refractivity contribution >= 4 is 38.0 Å². The highest BCUT2D eigenvalue weighted by molar-refractivity contribution is 7.84. The highest BCUT2D eigenvalue weighted by Gasteiger charge is 2.14. The molecule has 0 bridgehead atoms. The molecule has 0 radical (unpaired) electrons. The number of benzene rings is 2. The Bertz CT molecular complexity index is 781. The molecule has 0 aliphatic carbocycles. The number of methoxy groups -OCH3 is 1. The number of nitrogens with two attached hydrogens (primary N) is 1. The van der Waals surface area contributed by atoms with Crippen molar-refractivity contribution in [3.8, 4) is 5.75 Å². The van der Waals surface area contributed by atoms with E-state index >= 15 is 0 Å². The molecule has 0 fully saturated rings. The van der Waals surface area contributed by atoms with Gasteiger partial charge in [-0.25, -0.2) is 4.98 Å². The number of nitrogens with zero attached hydrogens (tertiary/aromatic N) is 1. The SMILES string of the molecule is COc1cc(N)ccc1S(=O)Cc1nc2ccccc2s1. The quantitative estimate of drug-likeness (QED) is 0.750. The predicted molar refractivity (Wildman–Crippen MR) is 87.1 cm³/mol. The maximum Gasteiger partial charge on any atom is 0.137 e. The van der Waals surface area contributed by atoms with Crippen LogP contribution < -0.4 is 10.5 Å². The third kappa shape index (κ3) is 2.91. The van der Waals surface area contributed by atoms with E-state index in [0.717, 1.165) is 15.2 Å². The summed E-state index contributed by atoms with van der Waals surface area (Å²) >= 11 is 1.57. The molecule has 0 spiro atoms. The van der Waals surface area contributed by atoms with Crippen LogP contribution in [0.5, 0.6) is 5.75 Å². The van der Waals surface area contributed by atoms with Crippen molar-refractivity contribution in [3.63, 3.8) is 0 Å². The standard InChI is InChI=1S/C15H14N2O2S2/c1-19-12-8-10(16)6-7-14(12)21(18)9-15-17-11-4-2-3-5-13(11)20-15/h2-8H,9,16H2,1H3. The fraction of sp³-hybridized carbons (Fsp3) is 0.133. The van der Waals surface area contributed by atoms with Crippen LogP contribution in [0.25, 0.3) is 10.2 Å². The Kier molecular flexibility index (Phi) is 3.90. The lowest BCUT2D eigenvalue weighted by molar-refractivity contribution is 0.404. The van der Waals surface area contributed by atoms with Crippen LogP contribution in [0.15, 0.2) is 47.4 Å². The lowest BCUT2D eigenvalue weighted by Crippen LogP contribution is -2.00. The Hall–Kier alpha value is -1.92. The number of nitrogen functional groups attached to an aromatic ring is 1. The highest BCUT2D eigenvalue weighted by atomic mass is 32.2. The van der Waals surface area contributed by atoms with Crippen molar-refractivity contribution in [3.05, 3.63) is 47.5 Å². The number of para-hydroxylation sites is 1. The molecular weight excluding hydrogens is 304 g/mol. The number of rotatable bonds is 4. The van der Waals surface area contributed by atoms with Crippen molar-refractivity contribution in [2.45, 2.75) is 10.6 Å². The van der Waals surface area contributed by atoms with Gasteiger partial charge in [0, 0.05) is 11.8 Å². The van der Waals surface area contributed by atoms with E-state index in [9.17, 15) is 4.21 Å². The molecule has 1 unspecified atom stereocenters. The van der Waals surface area contributed by atoms with Gasteiger partial charge in [-0.2, -0.15) is 0 Å². The van der Waals surface area contributed by atoms with Crippen LogP contribution in [0.4, 0.5) is 5.69 Å². The minimum Gasteiger partial charge on any atom is -0.495 e. The van der Waals surface area contributed by atoms with Crippen molar-refractivity contribution in [2.24, 2.45) is 0 Å². The van der Waals surface area contributed by atoms with E-state index in [-0.39, 0.29) is 0 Å². The summed E-state index contributed by atoms with van der Waals surface area (Å²) in [4.78, 5) is 5.16. The minimum absolute atomic E-state index is 0.375. The zero-order chi connectivity index (χ0) is 14.8. The normalized spacial score (nSPS) is 12.4. The highest BCUT2D eigenvalue weighted by Crippen LogP contribution is 2.28. The second kappa shape index (κ2) is 5.83. The maximum absolute atomic E-state index is 12.5. The van der Waals surface area contributed by atoms with Gasteiger partial charge in [0.05, 0.1) is 38.8 Å². The van der Waals surface area contributed by atoms with Gasteiger partial charge in [-0.15, -0.1) is 11.3 Å². The summed E-state index contributed by atoms with van der Waals surface area (Å²) in [6.07, 6.45) is 0. The molecule has 0 saturated heterocycles. The number of fused-ring (bicyclic) bond motifs is 1. The van der Waals surface area contributed by atoms with Crippen molar-refractivity contribution in [2.75, 3.05) is 12.8 Å². The summed E-state index contributed by atoms with van der Waals surface area (Å²) in [6, 6.07) is 13.1. The smallest absolute Gasteiger partial charge is 0.137 e. The lowest BCUT2D eigenvalue weighted by atomic mass is 10.3. The maximum atomic E-state index is 12.5. The molecule has 21 heavy (non-hydrogen) atoms. The van der Waals surface area contributed by atoms with Crippen LogP contribution in [-0.2, 0) is 16.6 Å². The Morgan fingerprint density at radius 2 is 2.10 bits per heavy atom. The molecule has 0 aliphatic heterocycles. The van der Waals surface area contributed by atoms with Crippen molar-refractivity contribution in [1.29, 1.82) is 0 Å². The van der Waals surface area contributed by atoms with Gasteiger partial charge >= 0.3 is 0 Å². The molecule has 1 aromatic heterocycles. The molecular formula is C15H14N2O2S2. The molecule has 4 nitrogen and oxygen atoms in total. The first kappa shape index (κ1) is 14.0. The van der Waals surface area contributed by atoms with Crippen LogP contribution in [-0.4, -0.2) is 16.3 Å². The number of ether oxygens (including phenoxy) is 1. The van der Waals surface area contributed by atoms with Gasteiger partial charge in [0.2, 0.25) is 0 Å². The molecule has 0 amide bonds. The summed E-state index contributed by atoms with van der Waals surface area (Å²) in [5, 5.41) is 0.855. The average Bonchev–Trinajstić information content (AvgIpc) is 2.88. The van der Waals surface area contributed by atoms with Gasteiger partial charge in [0.25, 0.3) is 0 Å². The molecule has 3 aromatic rings. The summed E-state index contributed by atoms with van der Waals surface area (Å²) < 4.78 is 18.9. The van der Waals surface area contributed by atoms with Gasteiger partial charge in [0.15, 0.2) is 0 Å². The largest absolute Gasteiger partial charge is 0.495 e. The van der Waals surface area contributed by atoms with Gasteiger partial charge in [-0.05, 0) is 24.3 Å². The monoisotopic (exact) mass is 318 g/mol. The Morgan fingerprint density at radius 3 is 2.86 bits per heavy atom. The fourth-order valence-electron chi connectivity index (χ4n) is 2.04. The van der Waals surface area contributed by atoms with Gasteiger partial charge in [-0.1, -0.05) is 12.1 Å². The summed E-state index contributed by atoms with van der Waals surface area (Å²) in [7, 11) is 0.335. The van der Waals surface area contributed by atoms with E-state index in [1.807, 2.05) is 24.3 Å². The first-order valence-corrected chi connectivity index (χ1v) is 8.47. The van der Waals surface area contributed by atoms with Gasteiger partial charge < -0.3 is 10.5 Å². The number of aromatic nitrogens is 1. The van der Waals surface area contributed by atoms with Crippen LogP contribution in [0.3, 0.4) is 0 Å². The molecule has 1 heterocycles. The topological polar surface area (TPSA) is 65.2 Å². The van der Waals surface area contributed by atoms with E-state index in [2.05, 4.69) is 4.98 Å². The number of anilines is 1. The van der Waals surface area contributed by atoms with Crippen LogP contribution >= 0.6 is 11.3 Å². The van der Waals surface area contributed by atoms with E-state index in [1.54, 1.807) is 36.6 Å². The van der Waals surface area contributed by atoms with E-state index in [1.165, 1.54) is 0 Å². The molecule has 2 aromatic carbocycles. The second-order valence-corrected chi connectivity index (χ2v) is 7.01. The third-order valence-electron chi connectivity index (χ3n) is 3.03. The zero-order valence-electron chi connectivity index (χ0n) is 11.4. The first-order valence-electron chi connectivity index (χ1n) is 6.33. The van der Waals surface area contributed by atoms with Gasteiger partial charge in [0.1, 0.15) is 10.8 Å². The molecule has 3 rings (SSSR count). The zero-order valence-corrected chi connectivity index (χ0v) is 13.0. The van der Waals surface area contributed by atoms with Crippen molar-refractivity contribution in [1.82, 2.24) is 4.98 Å². The van der Waals surface area contributed by atoms with Crippen molar-refractivity contribution < 1.29 is 8.95 Å². The van der Waals surface area contributed by atoms with Crippen LogP contribution in [0.2, 0.25) is 0 Å². The summed E-state index contributed by atoms with van der Waals surface area (Å²) in [5.41, 5.74) is 7.25. The average molecular weight is 318 g/mol. The molecule has 108 valence electrons. The molecule has 6 heteroatoms. The molecule has 0 saturated carbocycles. The second-order valence-electron chi connectivity index (χ2n) is 4.48. The van der Waals surface area contributed by atoms with Gasteiger partial charge in [-0.3, -0.25) is 4.21 Å². The van der Waals surface area contributed by atoms with E-state index in [0.29, 0.717) is 22.1 Å². The Balaban J connectivity index is 1.89. The lowest BCUT2D eigenvalue weighted by Gasteiger charge is -2.08. The number of hydrogen-bond acceptors (Lipinski definition) is 5. The Labute approximate surface area is 129 Å². The van der Waals surface area contributed by atoms with E-state index in [4.69, 9.17) is 10.5 Å². The third-order valence-corrected chi connectivity index (χ3v) is 5.61. The number of thiazole rings is 1. The predicted octanol–water partition coefficient (Wildman–Crippen LogP) is 3.19. The van der Waals surface area contributed by atoms with E-state index < -0.39 is 10.8 Å². The molecule has 2 N–H and O–H groups in total. The summed E-state index contributed by atoms with van der Waals surface area (Å²) in [6.45, 7) is 0. The number of hydrogen-bond donors (Lipinski definition) is 1. The molecule has 0 aliphatic rings. The van der Waals surface area contributed by atoms with Crippen LogP contribution in [0.1, 0.15) is 5.01 Å². The fourth-order valence-corrected chi connectivity index (χ4v) is 4.39. The molecule has 1 atom stereocenters. The minimum atomic E-state index is -1.21. The first-order chi connectivity index (χ1) is 10.2. The Morgan fingerprint density at radius 1 is 1.29 bits per heavy atom. The summed E-state index contributed by atoms with van der Waals surface area (Å²) in [5.74, 6) is 0.925.